The van der Waals surface area contributed by atoms with E-state index in [1.54, 1.807) is 0 Å². The van der Waals surface area contributed by atoms with Gasteiger partial charge in [0, 0.05) is 7.11 Å². The Morgan fingerprint density at radius 1 is 1.80 bits per heavy atom. The van der Waals surface area contributed by atoms with Gasteiger partial charge < -0.3 is 5.11 Å². The van der Waals surface area contributed by atoms with Gasteiger partial charge in [-0.05, 0) is 0 Å². The van der Waals surface area contributed by atoms with Gasteiger partial charge in [-0.3, -0.25) is 0 Å². The molecule has 0 rings (SSSR count). The standard InChI is InChI=1S/CH4O.CHO.Mn/c2*1-2;/h2H,1H3;1H;. The number of aliphatic hydroxyl groups excluding tert-OH is 1. The molecule has 0 fully saturated rings. The van der Waals surface area contributed by atoms with E-state index in [1.165, 1.54) is 0 Å². The predicted molar refractivity (Wildman–Crippen MR) is 14.9 cm³/mol. The van der Waals surface area contributed by atoms with Crippen molar-refractivity contribution in [2.75, 3.05) is 7.11 Å². The average Bonchev–Trinajstić information content (AvgIpc) is 1.46. The molecule has 0 aliphatic heterocycles. The summed E-state index contributed by atoms with van der Waals surface area (Å²) in [7, 11) is 1.00. The van der Waals surface area contributed by atoms with Crippen molar-refractivity contribution in [2.24, 2.45) is 0 Å². The zero-order chi connectivity index (χ0) is 4.71. The molecule has 0 bridgehead atoms. The van der Waals surface area contributed by atoms with Gasteiger partial charge in [-0.1, -0.05) is 0 Å². The molecule has 32 valence electrons. The summed E-state index contributed by atoms with van der Waals surface area (Å²) in [5, 5.41) is 7.56. The van der Waals surface area contributed by atoms with E-state index in [0.29, 0.717) is 5.18 Å². The number of rotatable bonds is 0. The monoisotopic (exact) mass is 116 g/mol. The topological polar surface area (TPSA) is 37.3 Å². The van der Waals surface area contributed by atoms with Crippen LogP contribution in [0.1, 0.15) is 0 Å². The zero-order valence-corrected chi connectivity index (χ0v) is 3.99. The van der Waals surface area contributed by atoms with Crippen molar-refractivity contribution in [3.8, 4) is 0 Å². The minimum absolute atomic E-state index is 0.562. The number of hydrogen-bond acceptors (Lipinski definition) is 2. The Hall–Kier alpha value is 0.149. The van der Waals surface area contributed by atoms with Crippen LogP contribution in [0.5, 0.6) is 0 Å². The van der Waals surface area contributed by atoms with Gasteiger partial charge in [-0.2, -0.15) is 0 Å². The fourth-order valence-corrected chi connectivity index (χ4v) is 0. The quantitative estimate of drug-likeness (QED) is 0.336. The Morgan fingerprint density at radius 3 is 1.80 bits per heavy atom. The molecule has 0 amide bonds. The summed E-state index contributed by atoms with van der Waals surface area (Å²) < 4.78 is 0. The molecule has 0 aromatic heterocycles. The van der Waals surface area contributed by atoms with Crippen molar-refractivity contribution in [1.82, 2.24) is 0 Å². The summed E-state index contributed by atoms with van der Waals surface area (Å²) in [5.41, 5.74) is 0. The van der Waals surface area contributed by atoms with E-state index in [2.05, 4.69) is 16.0 Å². The Bertz CT molecular complexity index is 15.1. The van der Waals surface area contributed by atoms with Crippen LogP contribution in [-0.2, 0) is 20.8 Å². The summed E-state index contributed by atoms with van der Waals surface area (Å²) >= 11 is 2.47. The van der Waals surface area contributed by atoms with E-state index < -0.39 is 0 Å². The van der Waals surface area contributed by atoms with Gasteiger partial charge in [0.15, 0.2) is 0 Å². The molecular formula is C2H5MnO2. The second kappa shape index (κ2) is 31.2. The molecule has 5 heavy (non-hydrogen) atoms. The molecule has 0 aromatic rings. The SMILES string of the molecule is CO.O=[CH][Mn]. The summed E-state index contributed by atoms with van der Waals surface area (Å²) in [6, 6.07) is 0. The summed E-state index contributed by atoms with van der Waals surface area (Å²) in [6.45, 7) is 0. The van der Waals surface area contributed by atoms with Crippen LogP contribution in [0.25, 0.3) is 0 Å². The normalized spacial score (nSPS) is 3.80. The van der Waals surface area contributed by atoms with Crippen molar-refractivity contribution in [3.63, 3.8) is 0 Å². The van der Waals surface area contributed by atoms with Gasteiger partial charge >= 0.3 is 26.0 Å². The van der Waals surface area contributed by atoms with Crippen LogP contribution in [0.2, 0.25) is 0 Å². The Morgan fingerprint density at radius 2 is 1.80 bits per heavy atom. The molecule has 0 spiro atoms. The maximum atomic E-state index is 8.72. The third kappa shape index (κ3) is 858. The number of hydrogen-bond donors (Lipinski definition) is 1. The first-order valence-electron chi connectivity index (χ1n) is 0.901. The molecule has 2 nitrogen and oxygen atoms in total. The van der Waals surface area contributed by atoms with Crippen molar-refractivity contribution in [2.45, 2.75) is 0 Å². The van der Waals surface area contributed by atoms with Crippen LogP contribution in [-0.4, -0.2) is 17.4 Å². The van der Waals surface area contributed by atoms with E-state index in [9.17, 15) is 0 Å². The predicted octanol–water partition coefficient (Wildman–Crippen LogP) is -0.668. The molecule has 1 N–H and O–H groups in total. The molecule has 3 heteroatoms. The van der Waals surface area contributed by atoms with Gasteiger partial charge in [-0.25, -0.2) is 0 Å². The Kier molecular flexibility index (Phi) is 55.7. The maximum absolute atomic E-state index is 8.72. The van der Waals surface area contributed by atoms with E-state index in [1.807, 2.05) is 0 Å². The molecule has 0 aliphatic rings. The fraction of sp³-hybridized carbons (Fsp3) is 0.500. The first kappa shape index (κ1) is 8.94. The van der Waals surface area contributed by atoms with Crippen LogP contribution in [0.15, 0.2) is 0 Å². The van der Waals surface area contributed by atoms with E-state index >= 15 is 0 Å². The zero-order valence-electron chi connectivity index (χ0n) is 2.81. The third-order valence-corrected chi connectivity index (χ3v) is 0. The molecule has 0 atom stereocenters. The first-order chi connectivity index (χ1) is 2.41. The van der Waals surface area contributed by atoms with Gasteiger partial charge in [-0.15, -0.1) is 0 Å². The molecule has 0 unspecified atom stereocenters. The molecule has 0 radical (unpaired) electrons. The first-order valence-corrected chi connectivity index (χ1v) is 1.58. The molecular weight excluding hydrogens is 111 g/mol. The number of carbonyl (C=O) groups is 1. The second-order valence-corrected chi connectivity index (χ2v) is 0.367. The molecule has 0 heterocycles. The van der Waals surface area contributed by atoms with Gasteiger partial charge in [0.05, 0.1) is 0 Å². The average molecular weight is 116 g/mol. The second-order valence-electron chi connectivity index (χ2n) is 0.0891. The number of carbonyl (C=O) groups excluding carboxylic acids is 1. The van der Waals surface area contributed by atoms with Crippen molar-refractivity contribution in [3.05, 3.63) is 0 Å². The van der Waals surface area contributed by atoms with Crippen LogP contribution in [0, 0.1) is 0 Å². The van der Waals surface area contributed by atoms with Crippen LogP contribution in [0.4, 0.5) is 0 Å². The molecule has 0 saturated heterocycles. The van der Waals surface area contributed by atoms with Crippen molar-refractivity contribution in [1.29, 1.82) is 0 Å². The van der Waals surface area contributed by atoms with E-state index in [4.69, 9.17) is 9.90 Å². The van der Waals surface area contributed by atoms with Crippen LogP contribution < -0.4 is 0 Å². The van der Waals surface area contributed by atoms with Gasteiger partial charge in [0.2, 0.25) is 0 Å². The molecule has 0 aromatic carbocycles. The van der Waals surface area contributed by atoms with Crippen LogP contribution in [0.3, 0.4) is 0 Å². The number of aliphatic hydroxyl groups is 1. The minimum atomic E-state index is 0.562. The fourth-order valence-electron chi connectivity index (χ4n) is 0. The van der Waals surface area contributed by atoms with Gasteiger partial charge in [0.25, 0.3) is 0 Å². The van der Waals surface area contributed by atoms with Gasteiger partial charge in [0.1, 0.15) is 0 Å². The van der Waals surface area contributed by atoms with Crippen LogP contribution >= 0.6 is 0 Å². The molecule has 0 aliphatic carbocycles. The molecule has 0 saturated carbocycles. The van der Waals surface area contributed by atoms with Crippen molar-refractivity contribution < 1.29 is 25.9 Å². The third-order valence-electron chi connectivity index (χ3n) is 0. The van der Waals surface area contributed by atoms with E-state index in [0.717, 1.165) is 7.11 Å². The Labute approximate surface area is 39.0 Å². The summed E-state index contributed by atoms with van der Waals surface area (Å²) in [5.74, 6) is 0. The van der Waals surface area contributed by atoms with Crippen molar-refractivity contribution >= 4 is 5.18 Å². The summed E-state index contributed by atoms with van der Waals surface area (Å²) in [4.78, 5) is 8.72. The Balaban J connectivity index is 0. The summed E-state index contributed by atoms with van der Waals surface area (Å²) in [6.07, 6.45) is 0. The van der Waals surface area contributed by atoms with E-state index in [-0.39, 0.29) is 0 Å².